The lowest BCUT2D eigenvalue weighted by atomic mass is 10.00. The summed E-state index contributed by atoms with van der Waals surface area (Å²) in [5.74, 6) is 0.0706. The number of alkyl halides is 2. The normalized spacial score (nSPS) is 21.1. The smallest absolute Gasteiger partial charge is 0.327 e. The van der Waals surface area contributed by atoms with Crippen molar-refractivity contribution in [1.82, 2.24) is 4.90 Å². The van der Waals surface area contributed by atoms with E-state index in [9.17, 15) is 23.5 Å². The summed E-state index contributed by atoms with van der Waals surface area (Å²) in [4.78, 5) is 23.6. The molecule has 152 valence electrons. The molecule has 0 spiro atoms. The van der Waals surface area contributed by atoms with Gasteiger partial charge in [-0.1, -0.05) is 31.9 Å². The largest absolute Gasteiger partial charge is 0.481 e. The van der Waals surface area contributed by atoms with Crippen LogP contribution in [0.15, 0.2) is 12.2 Å². The third-order valence-electron chi connectivity index (χ3n) is 4.69. The van der Waals surface area contributed by atoms with E-state index >= 15 is 0 Å². The third-order valence-corrected chi connectivity index (χ3v) is 4.69. The number of carboxylic acids is 1. The van der Waals surface area contributed by atoms with Crippen LogP contribution in [0, 0.1) is 17.8 Å². The number of aliphatic carboxylic acids is 1. The number of amides is 1. The Bertz CT molecular complexity index is 595. The zero-order valence-electron chi connectivity index (χ0n) is 16.0. The Kier molecular flexibility index (Phi) is 9.44. The molecule has 0 aromatic carbocycles. The van der Waals surface area contributed by atoms with Gasteiger partial charge in [-0.25, -0.2) is 0 Å². The van der Waals surface area contributed by atoms with E-state index in [1.807, 2.05) is 6.92 Å². The van der Waals surface area contributed by atoms with Crippen molar-refractivity contribution in [3.63, 3.8) is 0 Å². The molecule has 1 fully saturated rings. The van der Waals surface area contributed by atoms with Gasteiger partial charge in [-0.2, -0.15) is 8.78 Å². The first kappa shape index (κ1) is 23.1. The number of halogens is 2. The molecule has 1 rings (SSSR count). The van der Waals surface area contributed by atoms with Crippen LogP contribution >= 0.6 is 0 Å². The summed E-state index contributed by atoms with van der Waals surface area (Å²) in [6, 6.07) is -0.745. The summed E-state index contributed by atoms with van der Waals surface area (Å²) < 4.78 is 27.7. The molecule has 2 N–H and O–H groups in total. The maximum atomic E-state index is 13.8. The van der Waals surface area contributed by atoms with E-state index in [2.05, 4.69) is 11.8 Å². The molecule has 3 atom stereocenters. The highest BCUT2D eigenvalue weighted by molar-refractivity contribution is 5.86. The highest BCUT2D eigenvalue weighted by Crippen LogP contribution is 2.34. The molecule has 0 bridgehead atoms. The van der Waals surface area contributed by atoms with E-state index in [-0.39, 0.29) is 18.9 Å². The van der Waals surface area contributed by atoms with Crippen LogP contribution in [0.2, 0.25) is 0 Å². The van der Waals surface area contributed by atoms with Crippen molar-refractivity contribution in [2.24, 2.45) is 5.92 Å². The van der Waals surface area contributed by atoms with Gasteiger partial charge < -0.3 is 15.1 Å². The second-order valence-corrected chi connectivity index (χ2v) is 7.02. The van der Waals surface area contributed by atoms with Crippen molar-refractivity contribution in [3.05, 3.63) is 12.2 Å². The minimum absolute atomic E-state index is 0.0879. The third kappa shape index (κ3) is 7.67. The van der Waals surface area contributed by atoms with Crippen molar-refractivity contribution in [1.29, 1.82) is 0 Å². The molecule has 5 nitrogen and oxygen atoms in total. The summed E-state index contributed by atoms with van der Waals surface area (Å²) in [6.07, 6.45) is 4.58. The summed E-state index contributed by atoms with van der Waals surface area (Å²) in [5.41, 5.74) is 0. The first-order valence-electron chi connectivity index (χ1n) is 9.35. The number of nitrogens with zero attached hydrogens (tertiary/aromatic N) is 1. The van der Waals surface area contributed by atoms with Crippen molar-refractivity contribution in [2.45, 2.75) is 76.9 Å². The Morgan fingerprint density at radius 3 is 2.67 bits per heavy atom. The van der Waals surface area contributed by atoms with Gasteiger partial charge in [0.05, 0.1) is 12.1 Å². The number of aliphatic hydroxyl groups excluding tert-OH is 1. The second kappa shape index (κ2) is 11.0. The van der Waals surface area contributed by atoms with Crippen LogP contribution in [0.1, 0.15) is 58.8 Å². The zero-order valence-corrected chi connectivity index (χ0v) is 16.0. The molecule has 0 aromatic rings. The highest BCUT2D eigenvalue weighted by Gasteiger charge is 2.52. The Balaban J connectivity index is 2.59. The number of likely N-dealkylation sites (tertiary alicyclic amines) is 1. The van der Waals surface area contributed by atoms with Crippen molar-refractivity contribution in [2.75, 3.05) is 6.54 Å². The molecule has 1 unspecified atom stereocenters. The predicted octanol–water partition coefficient (Wildman–Crippen LogP) is 3.22. The summed E-state index contributed by atoms with van der Waals surface area (Å²) in [7, 11) is 0. The Morgan fingerprint density at radius 1 is 1.37 bits per heavy atom. The molecule has 1 aliphatic heterocycles. The topological polar surface area (TPSA) is 77.8 Å². The van der Waals surface area contributed by atoms with Gasteiger partial charge in [-0.05, 0) is 25.7 Å². The monoisotopic (exact) mass is 385 g/mol. The average molecular weight is 385 g/mol. The van der Waals surface area contributed by atoms with Crippen molar-refractivity contribution < 1.29 is 28.6 Å². The molecule has 7 heteroatoms. The van der Waals surface area contributed by atoms with Crippen LogP contribution in [-0.4, -0.2) is 51.6 Å². The van der Waals surface area contributed by atoms with Crippen molar-refractivity contribution >= 4 is 11.9 Å². The zero-order chi connectivity index (χ0) is 20.4. The molecule has 27 heavy (non-hydrogen) atoms. The highest BCUT2D eigenvalue weighted by atomic mass is 19.3. The number of aliphatic hydroxyl groups is 1. The minimum Gasteiger partial charge on any atom is -0.481 e. The molecule has 0 aliphatic carbocycles. The van der Waals surface area contributed by atoms with Crippen LogP contribution in [-0.2, 0) is 9.59 Å². The number of carbonyl (C=O) groups is 2. The number of rotatable bonds is 11. The Labute approximate surface area is 159 Å². The van der Waals surface area contributed by atoms with Crippen LogP contribution in [0.25, 0.3) is 0 Å². The number of unbranched alkanes of at least 4 members (excludes halogenated alkanes) is 3. The standard InChI is InChI=1S/C20H29F2NO4/c1-3-4-9-15(2)17(24)12-11-16-14-20(21,22)19(27)23(16)13-8-6-5-7-10-18(25)26/h11-12,15-17,24H,5-10,13-14H2,1-2H3,(H,25,26)/t15?,16-,17+/m0/s1. The van der Waals surface area contributed by atoms with E-state index in [0.717, 1.165) is 4.90 Å². The minimum atomic E-state index is -3.39. The van der Waals surface area contributed by atoms with Gasteiger partial charge in [0.15, 0.2) is 0 Å². The van der Waals surface area contributed by atoms with Gasteiger partial charge in [0.25, 0.3) is 5.91 Å². The number of carboxylic acid groups (broad SMARTS) is 1. The summed E-state index contributed by atoms with van der Waals surface area (Å²) in [5, 5.41) is 18.7. The molecular weight excluding hydrogens is 356 g/mol. The molecule has 0 aromatic heterocycles. The van der Waals surface area contributed by atoms with Gasteiger partial charge in [-0.3, -0.25) is 9.59 Å². The average Bonchev–Trinajstić information content (AvgIpc) is 2.82. The SMILES string of the molecule is CC#CCC(C)[C@H](O)C=C[C@H]1CC(F)(F)C(=O)N1CCCCCCC(=O)O. The van der Waals surface area contributed by atoms with E-state index < -0.39 is 36.4 Å². The lowest BCUT2D eigenvalue weighted by Gasteiger charge is -2.22. The number of hydrogen-bond donors (Lipinski definition) is 2. The quantitative estimate of drug-likeness (QED) is 0.325. The predicted molar refractivity (Wildman–Crippen MR) is 98.2 cm³/mol. The fourth-order valence-corrected chi connectivity index (χ4v) is 2.99. The first-order valence-corrected chi connectivity index (χ1v) is 9.35. The van der Waals surface area contributed by atoms with Gasteiger partial charge >= 0.3 is 11.9 Å². The van der Waals surface area contributed by atoms with Crippen LogP contribution in [0.3, 0.4) is 0 Å². The second-order valence-electron chi connectivity index (χ2n) is 7.02. The Hall–Kier alpha value is -1.94. The van der Waals surface area contributed by atoms with E-state index in [1.165, 1.54) is 12.2 Å². The fourth-order valence-electron chi connectivity index (χ4n) is 2.99. The fraction of sp³-hybridized carbons (Fsp3) is 0.700. The molecule has 0 saturated carbocycles. The van der Waals surface area contributed by atoms with E-state index in [0.29, 0.717) is 32.1 Å². The number of carbonyl (C=O) groups excluding carboxylic acids is 1. The lowest BCUT2D eigenvalue weighted by molar-refractivity contribution is -0.148. The van der Waals surface area contributed by atoms with Gasteiger partial charge in [0.1, 0.15) is 0 Å². The van der Waals surface area contributed by atoms with Crippen LogP contribution in [0.4, 0.5) is 8.78 Å². The molecule has 1 amide bonds. The van der Waals surface area contributed by atoms with E-state index in [1.54, 1.807) is 6.92 Å². The molecule has 1 aliphatic rings. The van der Waals surface area contributed by atoms with Crippen LogP contribution < -0.4 is 0 Å². The Morgan fingerprint density at radius 2 is 2.04 bits per heavy atom. The summed E-state index contributed by atoms with van der Waals surface area (Å²) >= 11 is 0. The maximum absolute atomic E-state index is 13.8. The maximum Gasteiger partial charge on any atom is 0.327 e. The molecule has 1 saturated heterocycles. The number of hydrogen-bond acceptors (Lipinski definition) is 3. The summed E-state index contributed by atoms with van der Waals surface area (Å²) in [6.45, 7) is 3.73. The van der Waals surface area contributed by atoms with Gasteiger partial charge in [0, 0.05) is 25.8 Å². The molecule has 0 radical (unpaired) electrons. The van der Waals surface area contributed by atoms with Crippen molar-refractivity contribution in [3.8, 4) is 11.8 Å². The first-order chi connectivity index (χ1) is 12.7. The van der Waals surface area contributed by atoms with Crippen LogP contribution in [0.5, 0.6) is 0 Å². The lowest BCUT2D eigenvalue weighted by Crippen LogP contribution is -2.36. The van der Waals surface area contributed by atoms with E-state index in [4.69, 9.17) is 5.11 Å². The van der Waals surface area contributed by atoms with Gasteiger partial charge in [0.2, 0.25) is 0 Å². The molecule has 1 heterocycles. The molecular formula is C20H29F2NO4. The van der Waals surface area contributed by atoms with Gasteiger partial charge in [-0.15, -0.1) is 11.8 Å².